The van der Waals surface area contributed by atoms with Crippen molar-refractivity contribution in [2.45, 2.75) is 19.5 Å². The highest BCUT2D eigenvalue weighted by molar-refractivity contribution is 14.1. The van der Waals surface area contributed by atoms with Gasteiger partial charge in [0, 0.05) is 0 Å². The van der Waals surface area contributed by atoms with Crippen LogP contribution in [-0.4, -0.2) is 23.9 Å². The average molecular weight is 429 g/mol. The first-order chi connectivity index (χ1) is 9.45. The molecule has 0 amide bonds. The van der Waals surface area contributed by atoms with Crippen molar-refractivity contribution in [1.82, 2.24) is 4.98 Å². The molecule has 0 aliphatic rings. The third kappa shape index (κ3) is 4.89. The normalized spacial score (nSPS) is 12.2. The number of carbonyl (C=O) groups excluding carboxylic acids is 1. The number of halogens is 7. The highest BCUT2D eigenvalue weighted by Gasteiger charge is 2.40. The van der Waals surface area contributed by atoms with E-state index in [2.05, 4.69) is 14.5 Å². The molecular weight excluding hydrogens is 423 g/mol. The van der Waals surface area contributed by atoms with Crippen LogP contribution >= 0.6 is 22.6 Å². The molecule has 0 aliphatic carbocycles. The number of alkyl halides is 6. The van der Waals surface area contributed by atoms with Crippen molar-refractivity contribution >= 4 is 28.6 Å². The van der Waals surface area contributed by atoms with E-state index in [-0.39, 0.29) is 6.61 Å². The van der Waals surface area contributed by atoms with E-state index >= 15 is 0 Å². The van der Waals surface area contributed by atoms with Crippen LogP contribution in [0.15, 0.2) is 6.07 Å². The van der Waals surface area contributed by atoms with Crippen LogP contribution in [-0.2, 0) is 10.9 Å². The van der Waals surface area contributed by atoms with Crippen LogP contribution in [0.25, 0.3) is 0 Å². The fraction of sp³-hybridized carbons (Fsp3) is 0.400. The lowest BCUT2D eigenvalue weighted by atomic mass is 10.2. The molecule has 0 bridgehead atoms. The van der Waals surface area contributed by atoms with Crippen molar-refractivity contribution in [3.63, 3.8) is 0 Å². The predicted octanol–water partition coefficient (Wildman–Crippen LogP) is 3.78. The molecule has 0 aromatic carbocycles. The second kappa shape index (κ2) is 6.23. The maximum atomic E-state index is 12.8. The van der Waals surface area contributed by atoms with Gasteiger partial charge in [-0.1, -0.05) is 0 Å². The first-order valence-electron chi connectivity index (χ1n) is 5.16. The van der Waals surface area contributed by atoms with E-state index in [4.69, 9.17) is 0 Å². The zero-order valence-corrected chi connectivity index (χ0v) is 12.3. The minimum Gasteiger partial charge on any atom is -0.462 e. The summed E-state index contributed by atoms with van der Waals surface area (Å²) in [6.07, 6.45) is -10.2. The van der Waals surface area contributed by atoms with Gasteiger partial charge in [-0.2, -0.15) is 13.2 Å². The van der Waals surface area contributed by atoms with E-state index in [1.54, 1.807) is 0 Å². The third-order valence-electron chi connectivity index (χ3n) is 1.93. The van der Waals surface area contributed by atoms with Crippen LogP contribution in [0.3, 0.4) is 0 Å². The summed E-state index contributed by atoms with van der Waals surface area (Å²) >= 11 is 1.14. The van der Waals surface area contributed by atoms with Crippen LogP contribution in [0.2, 0.25) is 0 Å². The number of nitrogens with zero attached hydrogens (tertiary/aromatic N) is 1. The molecule has 1 rings (SSSR count). The molecule has 11 heteroatoms. The lowest BCUT2D eigenvalue weighted by molar-refractivity contribution is -0.275. The molecule has 0 unspecified atom stereocenters. The van der Waals surface area contributed by atoms with Crippen LogP contribution in [0.4, 0.5) is 26.3 Å². The molecule has 0 saturated heterocycles. The summed E-state index contributed by atoms with van der Waals surface area (Å²) in [6.45, 7) is 1.08. The fourth-order valence-corrected chi connectivity index (χ4v) is 1.76. The Morgan fingerprint density at radius 1 is 1.29 bits per heavy atom. The Bertz CT molecular complexity index is 543. The van der Waals surface area contributed by atoms with Gasteiger partial charge in [-0.15, -0.1) is 13.2 Å². The summed E-state index contributed by atoms with van der Waals surface area (Å²) in [7, 11) is 0. The Labute approximate surface area is 127 Å². The molecule has 0 N–H and O–H groups in total. The molecule has 0 spiro atoms. The van der Waals surface area contributed by atoms with Crippen molar-refractivity contribution in [3.8, 4) is 5.75 Å². The number of esters is 1. The summed E-state index contributed by atoms with van der Waals surface area (Å²) in [4.78, 5) is 14.4. The van der Waals surface area contributed by atoms with Gasteiger partial charge in [0.15, 0.2) is 11.4 Å². The fourth-order valence-electron chi connectivity index (χ4n) is 1.25. The standard InChI is InChI=1S/C10H6F6INO3/c1-2-20-8(19)4-3-5(21-10(14,15)16)7(17)18-6(4)9(11,12)13/h3H,2H2,1H3. The van der Waals surface area contributed by atoms with Crippen molar-refractivity contribution in [2.24, 2.45) is 0 Å². The molecule has 1 aromatic heterocycles. The quantitative estimate of drug-likeness (QED) is 0.318. The van der Waals surface area contributed by atoms with Gasteiger partial charge in [0.05, 0.1) is 12.2 Å². The summed E-state index contributed by atoms with van der Waals surface area (Å²) < 4.78 is 81.9. The summed E-state index contributed by atoms with van der Waals surface area (Å²) in [6, 6.07) is 0.309. The Morgan fingerprint density at radius 2 is 1.86 bits per heavy atom. The molecular formula is C10H6F6INO3. The van der Waals surface area contributed by atoms with Crippen LogP contribution < -0.4 is 4.74 Å². The number of rotatable bonds is 3. The Morgan fingerprint density at radius 3 is 2.29 bits per heavy atom. The van der Waals surface area contributed by atoms with E-state index < -0.39 is 39.2 Å². The molecule has 4 nitrogen and oxygen atoms in total. The zero-order valence-electron chi connectivity index (χ0n) is 10.1. The zero-order chi connectivity index (χ0) is 16.4. The average Bonchev–Trinajstić information content (AvgIpc) is 2.28. The van der Waals surface area contributed by atoms with E-state index in [9.17, 15) is 31.1 Å². The number of hydrogen-bond acceptors (Lipinski definition) is 4. The Hall–Kier alpha value is -1.27. The van der Waals surface area contributed by atoms with Gasteiger partial charge < -0.3 is 9.47 Å². The second-order valence-electron chi connectivity index (χ2n) is 3.44. The minimum absolute atomic E-state index is 0.252. The Kier molecular flexibility index (Phi) is 5.28. The molecule has 0 saturated carbocycles. The Balaban J connectivity index is 3.41. The molecule has 0 atom stereocenters. The van der Waals surface area contributed by atoms with Crippen molar-refractivity contribution in [2.75, 3.05) is 6.61 Å². The first kappa shape index (κ1) is 17.8. The van der Waals surface area contributed by atoms with Gasteiger partial charge in [-0.05, 0) is 35.6 Å². The predicted molar refractivity (Wildman–Crippen MR) is 64.6 cm³/mol. The van der Waals surface area contributed by atoms with E-state index in [1.807, 2.05) is 0 Å². The molecule has 0 aliphatic heterocycles. The largest absolute Gasteiger partial charge is 0.573 e. The summed E-state index contributed by atoms with van der Waals surface area (Å²) in [5.74, 6) is -2.46. The van der Waals surface area contributed by atoms with Crippen LogP contribution in [0.5, 0.6) is 5.75 Å². The summed E-state index contributed by atoms with van der Waals surface area (Å²) in [5.41, 5.74) is -2.79. The summed E-state index contributed by atoms with van der Waals surface area (Å²) in [5, 5.41) is 0. The molecule has 0 fully saturated rings. The molecule has 1 aromatic rings. The second-order valence-corrected chi connectivity index (χ2v) is 4.46. The first-order valence-corrected chi connectivity index (χ1v) is 6.24. The van der Waals surface area contributed by atoms with Crippen LogP contribution in [0.1, 0.15) is 23.0 Å². The van der Waals surface area contributed by atoms with Gasteiger partial charge in [0.1, 0.15) is 3.70 Å². The third-order valence-corrected chi connectivity index (χ3v) is 2.71. The number of hydrogen-bond donors (Lipinski definition) is 0. The molecule has 1 heterocycles. The monoisotopic (exact) mass is 429 g/mol. The topological polar surface area (TPSA) is 48.4 Å². The van der Waals surface area contributed by atoms with Gasteiger partial charge in [0.2, 0.25) is 0 Å². The molecule has 0 radical (unpaired) electrons. The maximum Gasteiger partial charge on any atom is 0.573 e. The SMILES string of the molecule is CCOC(=O)c1cc(OC(F)(F)F)c(I)nc1C(F)(F)F. The number of ether oxygens (including phenoxy) is 2. The number of pyridine rings is 1. The minimum atomic E-state index is -5.13. The van der Waals surface area contributed by atoms with Crippen molar-refractivity contribution in [1.29, 1.82) is 0 Å². The highest BCUT2D eigenvalue weighted by atomic mass is 127. The molecule has 118 valence electrons. The van der Waals surface area contributed by atoms with Crippen molar-refractivity contribution < 1.29 is 40.6 Å². The van der Waals surface area contributed by atoms with E-state index in [0.29, 0.717) is 6.07 Å². The van der Waals surface area contributed by atoms with E-state index in [0.717, 1.165) is 22.6 Å². The van der Waals surface area contributed by atoms with Gasteiger partial charge >= 0.3 is 18.5 Å². The van der Waals surface area contributed by atoms with Gasteiger partial charge in [-0.3, -0.25) is 0 Å². The lowest BCUT2D eigenvalue weighted by Crippen LogP contribution is -2.22. The number of aromatic nitrogens is 1. The highest BCUT2D eigenvalue weighted by Crippen LogP contribution is 2.35. The van der Waals surface area contributed by atoms with Crippen molar-refractivity contribution in [3.05, 3.63) is 21.0 Å². The lowest BCUT2D eigenvalue weighted by Gasteiger charge is -2.15. The smallest absolute Gasteiger partial charge is 0.462 e. The maximum absolute atomic E-state index is 12.8. The van der Waals surface area contributed by atoms with Gasteiger partial charge in [-0.25, -0.2) is 9.78 Å². The van der Waals surface area contributed by atoms with Crippen LogP contribution in [0, 0.1) is 3.70 Å². The molecule has 21 heavy (non-hydrogen) atoms. The van der Waals surface area contributed by atoms with E-state index in [1.165, 1.54) is 6.92 Å². The van der Waals surface area contributed by atoms with Gasteiger partial charge in [0.25, 0.3) is 0 Å². The number of carbonyl (C=O) groups is 1.